The topological polar surface area (TPSA) is 255 Å². The highest BCUT2D eigenvalue weighted by Crippen LogP contribution is 2.32. The Labute approximate surface area is 395 Å². The number of nitrogens with zero attached hydrogens (tertiary/aromatic N) is 4. The Kier molecular flexibility index (Phi) is 21.3. The predicted molar refractivity (Wildman–Crippen MR) is 249 cm³/mol. The van der Waals surface area contributed by atoms with Gasteiger partial charge in [-0.1, -0.05) is 38.1 Å². The van der Waals surface area contributed by atoms with Gasteiger partial charge in [-0.05, 0) is 122 Å². The molecule has 372 valence electrons. The number of amides is 6. The number of carbonyl (C=O) groups is 7. The average molecular weight is 938 g/mol. The summed E-state index contributed by atoms with van der Waals surface area (Å²) in [5.41, 5.74) is 6.56. The zero-order chi connectivity index (χ0) is 49.1. The maximum atomic E-state index is 13.1. The van der Waals surface area contributed by atoms with Crippen LogP contribution in [0, 0.1) is 23.7 Å². The Balaban J connectivity index is 1.09. The number of anilines is 1. The lowest BCUT2D eigenvalue weighted by molar-refractivity contribution is -0.148. The van der Waals surface area contributed by atoms with Gasteiger partial charge >= 0.3 is 5.97 Å². The number of unbranched alkanes of at least 4 members (excludes halogenated alkanes) is 1. The fourth-order valence-electron chi connectivity index (χ4n) is 7.91. The van der Waals surface area contributed by atoms with Gasteiger partial charge in [0.1, 0.15) is 31.6 Å². The van der Waals surface area contributed by atoms with E-state index in [1.165, 1.54) is 4.90 Å². The Morgan fingerprint density at radius 1 is 0.925 bits per heavy atom. The van der Waals surface area contributed by atoms with Crippen molar-refractivity contribution in [2.24, 2.45) is 29.4 Å². The molecule has 2 aromatic rings. The normalized spacial score (nSPS) is 18.2. The lowest BCUT2D eigenvalue weighted by atomic mass is 9.81. The summed E-state index contributed by atoms with van der Waals surface area (Å²) in [7, 11) is 0. The Bertz CT molecular complexity index is 1960. The first-order valence-corrected chi connectivity index (χ1v) is 23.9. The molecule has 6 N–H and O–H groups in total. The molecule has 1 saturated carbocycles. The molecule has 2 fully saturated rings. The molecule has 19 nitrogen and oxygen atoms in total. The summed E-state index contributed by atoms with van der Waals surface area (Å²) in [6.07, 6.45) is 8.61. The number of nitrogens with two attached hydrogens (primary N) is 1. The second-order valence-electron chi connectivity index (χ2n) is 19.4. The molecule has 0 spiro atoms. The zero-order valence-electron chi connectivity index (χ0n) is 40.7. The van der Waals surface area contributed by atoms with Gasteiger partial charge in [0.2, 0.25) is 35.4 Å². The van der Waals surface area contributed by atoms with E-state index in [1.807, 2.05) is 40.8 Å². The third-order valence-corrected chi connectivity index (χ3v) is 12.5. The van der Waals surface area contributed by atoms with Crippen molar-refractivity contribution in [2.45, 2.75) is 149 Å². The smallest absolute Gasteiger partial charge is 0.308 e. The molecule has 1 aromatic heterocycles. The molecular weight excluding hydrogens is 863 g/mol. The molecule has 4 rings (SSSR count). The first-order chi connectivity index (χ1) is 31.8. The van der Waals surface area contributed by atoms with Gasteiger partial charge in [-0.15, -0.1) is 5.10 Å². The van der Waals surface area contributed by atoms with Gasteiger partial charge in [0.15, 0.2) is 0 Å². The van der Waals surface area contributed by atoms with Crippen molar-refractivity contribution in [3.05, 3.63) is 41.7 Å². The number of hydrogen-bond donors (Lipinski definition) is 5. The van der Waals surface area contributed by atoms with Crippen LogP contribution in [0.2, 0.25) is 0 Å². The van der Waals surface area contributed by atoms with E-state index in [-0.39, 0.29) is 67.1 Å². The number of hydrogen-bond acceptors (Lipinski definition) is 13. The lowest BCUT2D eigenvalue weighted by Gasteiger charge is -2.30. The molecule has 2 aliphatic rings. The molecule has 1 aromatic carbocycles. The Morgan fingerprint density at radius 2 is 1.63 bits per heavy atom. The van der Waals surface area contributed by atoms with Gasteiger partial charge in [-0.25, -0.2) is 4.68 Å². The first kappa shape index (κ1) is 54.3. The summed E-state index contributed by atoms with van der Waals surface area (Å²) >= 11 is 0. The molecule has 67 heavy (non-hydrogen) atoms. The molecule has 2 atom stereocenters. The second-order valence-corrected chi connectivity index (χ2v) is 19.4. The van der Waals surface area contributed by atoms with Crippen LogP contribution in [0.4, 0.5) is 5.69 Å². The zero-order valence-corrected chi connectivity index (χ0v) is 40.7. The number of aromatic nitrogens is 3. The van der Waals surface area contributed by atoms with Crippen LogP contribution in [0.3, 0.4) is 0 Å². The molecule has 6 amide bonds. The van der Waals surface area contributed by atoms with Crippen molar-refractivity contribution < 1.29 is 47.8 Å². The number of rotatable bonds is 28. The summed E-state index contributed by atoms with van der Waals surface area (Å²) in [6, 6.07) is 6.02. The number of ether oxygens (including phenoxy) is 3. The van der Waals surface area contributed by atoms with E-state index in [4.69, 9.17) is 19.9 Å². The highest BCUT2D eigenvalue weighted by Gasteiger charge is 2.39. The number of likely N-dealkylation sites (tertiary alicyclic amines) is 1. The van der Waals surface area contributed by atoms with Crippen molar-refractivity contribution in [3.8, 4) is 0 Å². The van der Waals surface area contributed by atoms with Crippen LogP contribution in [-0.2, 0) is 66.5 Å². The summed E-state index contributed by atoms with van der Waals surface area (Å²) in [5, 5.41) is 19.9. The molecule has 1 aliphatic heterocycles. The maximum Gasteiger partial charge on any atom is 0.308 e. The highest BCUT2D eigenvalue weighted by molar-refractivity contribution is 6.03. The van der Waals surface area contributed by atoms with E-state index in [1.54, 1.807) is 42.8 Å². The van der Waals surface area contributed by atoms with Gasteiger partial charge in [0.25, 0.3) is 0 Å². The Hall–Kier alpha value is -5.27. The standard InChI is InChI=1S/C48H75N9O10/c1-8-35-25-42(60)56(45(35)63)27-33-12-16-36(17-13-33)43(61)51-26-38-28-57(55-54-38)47(4,5)21-24-67-48(6,7)20-23-50-40(58)30-65-31-41(59)53-39(11-9-10-22-49)44(62)52-37-18-14-34(15-19-37)29-66-46(64)32(2)3/h14-15,18-19,28,32-33,35-36,39H,8-13,16-17,20-27,29-31,49H2,1-7H3,(H,50,58)(H,51,61)(H,52,62)(H,53,59). The van der Waals surface area contributed by atoms with Crippen LogP contribution in [0.25, 0.3) is 0 Å². The van der Waals surface area contributed by atoms with Crippen LogP contribution < -0.4 is 27.0 Å². The predicted octanol–water partition coefficient (Wildman–Crippen LogP) is 3.88. The van der Waals surface area contributed by atoms with E-state index in [2.05, 4.69) is 31.6 Å². The molecule has 1 aliphatic carbocycles. The molecule has 19 heteroatoms. The first-order valence-electron chi connectivity index (χ1n) is 23.9. The third-order valence-electron chi connectivity index (χ3n) is 12.5. The van der Waals surface area contributed by atoms with Crippen LogP contribution >= 0.6 is 0 Å². The molecule has 1 saturated heterocycles. The fourth-order valence-corrected chi connectivity index (χ4v) is 7.91. The van der Waals surface area contributed by atoms with Crippen LogP contribution in [0.1, 0.15) is 130 Å². The average Bonchev–Trinajstić information content (AvgIpc) is 3.88. The lowest BCUT2D eigenvalue weighted by Crippen LogP contribution is -2.45. The molecular formula is C48H75N9O10. The van der Waals surface area contributed by atoms with E-state index in [9.17, 15) is 33.6 Å². The number of nitrogens with one attached hydrogen (secondary N) is 4. The van der Waals surface area contributed by atoms with E-state index in [0.717, 1.165) is 18.4 Å². The minimum absolute atomic E-state index is 0.0270. The quantitative estimate of drug-likeness (QED) is 0.0462. The molecule has 0 radical (unpaired) electrons. The number of benzene rings is 1. The third kappa shape index (κ3) is 18.0. The maximum absolute atomic E-state index is 13.1. The van der Waals surface area contributed by atoms with Crippen LogP contribution in [0.5, 0.6) is 0 Å². The van der Waals surface area contributed by atoms with Gasteiger partial charge in [0, 0.05) is 43.6 Å². The highest BCUT2D eigenvalue weighted by atomic mass is 16.5. The molecule has 2 unspecified atom stereocenters. The summed E-state index contributed by atoms with van der Waals surface area (Å²) < 4.78 is 18.6. The van der Waals surface area contributed by atoms with E-state index >= 15 is 0 Å². The van der Waals surface area contributed by atoms with Crippen molar-refractivity contribution in [3.63, 3.8) is 0 Å². The number of esters is 1. The monoisotopic (exact) mass is 938 g/mol. The molecule has 0 bridgehead atoms. The SMILES string of the molecule is CCC1CC(=O)N(CC2CCC(C(=O)NCc3cn(C(C)(C)CCOC(C)(C)CCNC(=O)COCC(=O)NC(CCCCN)C(=O)Nc4ccc(COC(=O)C(C)C)cc4)nn3)CC2)C1=O. The Morgan fingerprint density at radius 3 is 2.28 bits per heavy atom. The van der Waals surface area contributed by atoms with Crippen molar-refractivity contribution in [1.82, 2.24) is 35.8 Å². The largest absolute Gasteiger partial charge is 0.461 e. The van der Waals surface area contributed by atoms with Gasteiger partial charge in [0.05, 0.1) is 29.8 Å². The van der Waals surface area contributed by atoms with Crippen LogP contribution in [-0.4, -0.2) is 112 Å². The second kappa shape index (κ2) is 26.3. The minimum Gasteiger partial charge on any atom is -0.461 e. The molecule has 2 heterocycles. The number of carbonyl (C=O) groups excluding carboxylic acids is 7. The van der Waals surface area contributed by atoms with Crippen molar-refractivity contribution in [1.29, 1.82) is 0 Å². The van der Waals surface area contributed by atoms with Crippen molar-refractivity contribution >= 4 is 47.1 Å². The fraction of sp³-hybridized carbons (Fsp3) is 0.688. The number of imide groups is 1. The van der Waals surface area contributed by atoms with Gasteiger partial charge < -0.3 is 41.2 Å². The van der Waals surface area contributed by atoms with E-state index in [0.29, 0.717) is 95.4 Å². The summed E-state index contributed by atoms with van der Waals surface area (Å²) in [4.78, 5) is 89.6. The van der Waals surface area contributed by atoms with Gasteiger partial charge in [-0.2, -0.15) is 0 Å². The minimum atomic E-state index is -0.850. The van der Waals surface area contributed by atoms with Crippen LogP contribution in [0.15, 0.2) is 30.5 Å². The summed E-state index contributed by atoms with van der Waals surface area (Å²) in [5.74, 6) is -2.13. The van der Waals surface area contributed by atoms with Crippen molar-refractivity contribution in [2.75, 3.05) is 44.8 Å². The van der Waals surface area contributed by atoms with E-state index < -0.39 is 41.5 Å². The van der Waals surface area contributed by atoms with Gasteiger partial charge in [-0.3, -0.25) is 38.5 Å². The summed E-state index contributed by atoms with van der Waals surface area (Å²) in [6.45, 7) is 14.6.